The van der Waals surface area contributed by atoms with Crippen molar-refractivity contribution in [3.63, 3.8) is 0 Å². The molecule has 7 heteroatoms. The van der Waals surface area contributed by atoms with Gasteiger partial charge in [-0.15, -0.1) is 11.6 Å². The minimum Gasteiger partial charge on any atom is -0.269 e. The third-order valence-electron chi connectivity index (χ3n) is 1.78. The predicted molar refractivity (Wildman–Crippen MR) is 51.4 cm³/mol. The summed E-state index contributed by atoms with van der Waals surface area (Å²) in [4.78, 5) is 10.9. The molecule has 0 rings (SSSR count). The van der Waals surface area contributed by atoms with Crippen molar-refractivity contribution < 1.29 is 18.0 Å². The number of carbonyl (C=O) groups excluding carboxylic acids is 1. The molecular formula is C8H14ClF3N2O. The maximum atomic E-state index is 12.1. The summed E-state index contributed by atoms with van der Waals surface area (Å²) in [6.07, 6.45) is -4.25. The number of carbonyl (C=O) groups is 1. The standard InChI is InChI=1S/C8H14ClF3N2O/c1-3-6(2)13-14(5-4-9)7(15)8(10,11)12/h6,13H,3-5H2,1-2H3. The van der Waals surface area contributed by atoms with Gasteiger partial charge in [-0.05, 0) is 13.3 Å². The molecule has 0 heterocycles. The maximum Gasteiger partial charge on any atom is 0.472 e. The van der Waals surface area contributed by atoms with Crippen molar-refractivity contribution in [2.24, 2.45) is 0 Å². The van der Waals surface area contributed by atoms with Gasteiger partial charge in [0.15, 0.2) is 0 Å². The first-order valence-electron chi connectivity index (χ1n) is 4.53. The monoisotopic (exact) mass is 246 g/mol. The van der Waals surface area contributed by atoms with E-state index < -0.39 is 12.1 Å². The molecular weight excluding hydrogens is 233 g/mol. The lowest BCUT2D eigenvalue weighted by atomic mass is 10.3. The van der Waals surface area contributed by atoms with E-state index >= 15 is 0 Å². The Bertz CT molecular complexity index is 211. The van der Waals surface area contributed by atoms with Crippen LogP contribution in [-0.2, 0) is 4.79 Å². The van der Waals surface area contributed by atoms with Gasteiger partial charge >= 0.3 is 12.1 Å². The zero-order valence-electron chi connectivity index (χ0n) is 8.57. The van der Waals surface area contributed by atoms with Gasteiger partial charge in [0.1, 0.15) is 0 Å². The van der Waals surface area contributed by atoms with E-state index in [4.69, 9.17) is 11.6 Å². The quantitative estimate of drug-likeness (QED) is 0.594. The molecule has 1 atom stereocenters. The Labute approximate surface area is 91.5 Å². The second-order valence-electron chi connectivity index (χ2n) is 3.08. The maximum absolute atomic E-state index is 12.1. The molecule has 0 aromatic carbocycles. The van der Waals surface area contributed by atoms with Crippen LogP contribution in [0.5, 0.6) is 0 Å². The number of alkyl halides is 4. The summed E-state index contributed by atoms with van der Waals surface area (Å²) in [6, 6.07) is -0.209. The summed E-state index contributed by atoms with van der Waals surface area (Å²) in [6.45, 7) is 3.31. The molecule has 0 aromatic rings. The number of nitrogens with one attached hydrogen (secondary N) is 1. The van der Waals surface area contributed by atoms with Gasteiger partial charge in [0.05, 0.1) is 6.54 Å². The lowest BCUT2D eigenvalue weighted by Gasteiger charge is -2.26. The van der Waals surface area contributed by atoms with E-state index in [2.05, 4.69) is 5.43 Å². The Morgan fingerprint density at radius 3 is 2.40 bits per heavy atom. The fraction of sp³-hybridized carbons (Fsp3) is 0.875. The molecule has 0 saturated heterocycles. The average molecular weight is 247 g/mol. The van der Waals surface area contributed by atoms with Crippen molar-refractivity contribution in [3.8, 4) is 0 Å². The average Bonchev–Trinajstić information content (AvgIpc) is 2.14. The van der Waals surface area contributed by atoms with Crippen molar-refractivity contribution in [1.82, 2.24) is 10.4 Å². The molecule has 1 N–H and O–H groups in total. The van der Waals surface area contributed by atoms with Crippen LogP contribution in [0.3, 0.4) is 0 Å². The minimum atomic E-state index is -4.87. The van der Waals surface area contributed by atoms with E-state index in [0.717, 1.165) is 0 Å². The second-order valence-corrected chi connectivity index (χ2v) is 3.46. The summed E-state index contributed by atoms with van der Waals surface area (Å²) in [5.74, 6) is -1.96. The number of halogens is 4. The molecule has 3 nitrogen and oxygen atoms in total. The summed E-state index contributed by atoms with van der Waals surface area (Å²) < 4.78 is 36.3. The topological polar surface area (TPSA) is 32.3 Å². The van der Waals surface area contributed by atoms with Gasteiger partial charge in [-0.2, -0.15) is 13.2 Å². The molecule has 0 radical (unpaired) electrons. The highest BCUT2D eigenvalue weighted by Gasteiger charge is 2.42. The van der Waals surface area contributed by atoms with Gasteiger partial charge in [0.2, 0.25) is 0 Å². The molecule has 1 amide bonds. The number of hydrogen-bond donors (Lipinski definition) is 1. The van der Waals surface area contributed by atoms with Crippen LogP contribution in [0.15, 0.2) is 0 Å². The molecule has 90 valence electrons. The van der Waals surface area contributed by atoms with Gasteiger partial charge in [-0.3, -0.25) is 9.80 Å². The number of hydrazine groups is 1. The lowest BCUT2D eigenvalue weighted by molar-refractivity contribution is -0.189. The first kappa shape index (κ1) is 14.5. The lowest BCUT2D eigenvalue weighted by Crippen LogP contribution is -2.52. The largest absolute Gasteiger partial charge is 0.472 e. The van der Waals surface area contributed by atoms with Gasteiger partial charge in [-0.1, -0.05) is 6.92 Å². The number of amides is 1. The second kappa shape index (κ2) is 6.17. The Hall–Kier alpha value is -0.490. The zero-order chi connectivity index (χ0) is 12.1. The zero-order valence-corrected chi connectivity index (χ0v) is 9.32. The minimum absolute atomic E-state index is 0.0503. The van der Waals surface area contributed by atoms with E-state index in [1.807, 2.05) is 0 Å². The molecule has 0 aliphatic heterocycles. The molecule has 15 heavy (non-hydrogen) atoms. The smallest absolute Gasteiger partial charge is 0.269 e. The van der Waals surface area contributed by atoms with Gasteiger partial charge in [0.25, 0.3) is 0 Å². The molecule has 0 saturated carbocycles. The molecule has 0 bridgehead atoms. The Morgan fingerprint density at radius 2 is 2.07 bits per heavy atom. The normalized spacial score (nSPS) is 13.7. The van der Waals surface area contributed by atoms with Crippen molar-refractivity contribution in [3.05, 3.63) is 0 Å². The third-order valence-corrected chi connectivity index (χ3v) is 1.95. The highest BCUT2D eigenvalue weighted by molar-refractivity contribution is 6.18. The predicted octanol–water partition coefficient (Wildman–Crippen LogP) is 1.92. The summed E-state index contributed by atoms with van der Waals surface area (Å²) >= 11 is 5.32. The first-order chi connectivity index (χ1) is 6.82. The van der Waals surface area contributed by atoms with Gasteiger partial charge < -0.3 is 0 Å². The Morgan fingerprint density at radius 1 is 1.53 bits per heavy atom. The van der Waals surface area contributed by atoms with Crippen molar-refractivity contribution in [2.45, 2.75) is 32.5 Å². The number of nitrogens with zero attached hydrogens (tertiary/aromatic N) is 1. The molecule has 0 aromatic heterocycles. The van der Waals surface area contributed by atoms with Crippen LogP contribution >= 0.6 is 11.6 Å². The van der Waals surface area contributed by atoms with Crippen molar-refractivity contribution in [1.29, 1.82) is 0 Å². The van der Waals surface area contributed by atoms with Gasteiger partial charge in [-0.25, -0.2) is 5.43 Å². The van der Waals surface area contributed by atoms with Crippen LogP contribution in [0.4, 0.5) is 13.2 Å². The van der Waals surface area contributed by atoms with Crippen LogP contribution in [0.1, 0.15) is 20.3 Å². The summed E-state index contributed by atoms with van der Waals surface area (Å²) in [7, 11) is 0. The van der Waals surface area contributed by atoms with Crippen LogP contribution in [0.25, 0.3) is 0 Å². The van der Waals surface area contributed by atoms with E-state index in [1.165, 1.54) is 0 Å². The molecule has 0 fully saturated rings. The van der Waals surface area contributed by atoms with Crippen molar-refractivity contribution >= 4 is 17.5 Å². The molecule has 1 unspecified atom stereocenters. The highest BCUT2D eigenvalue weighted by atomic mass is 35.5. The van der Waals surface area contributed by atoms with Crippen LogP contribution in [0, 0.1) is 0 Å². The molecule has 0 aliphatic carbocycles. The number of hydrogen-bond acceptors (Lipinski definition) is 2. The van der Waals surface area contributed by atoms with Crippen LogP contribution < -0.4 is 5.43 Å². The fourth-order valence-electron chi connectivity index (χ4n) is 0.820. The van der Waals surface area contributed by atoms with Crippen molar-refractivity contribution in [2.75, 3.05) is 12.4 Å². The first-order valence-corrected chi connectivity index (χ1v) is 5.07. The summed E-state index contributed by atoms with van der Waals surface area (Å²) in [5, 5.41) is 0.515. The molecule has 0 aliphatic rings. The highest BCUT2D eigenvalue weighted by Crippen LogP contribution is 2.17. The molecule has 0 spiro atoms. The van der Waals surface area contributed by atoms with Crippen LogP contribution in [0.2, 0.25) is 0 Å². The number of rotatable bonds is 5. The Balaban J connectivity index is 4.45. The van der Waals surface area contributed by atoms with E-state index in [-0.39, 0.29) is 18.5 Å². The summed E-state index contributed by atoms with van der Waals surface area (Å²) in [5.41, 5.74) is 2.45. The van der Waals surface area contributed by atoms with E-state index in [1.54, 1.807) is 13.8 Å². The van der Waals surface area contributed by atoms with Gasteiger partial charge in [0, 0.05) is 11.9 Å². The van der Waals surface area contributed by atoms with E-state index in [9.17, 15) is 18.0 Å². The Kier molecular flexibility index (Phi) is 5.97. The van der Waals surface area contributed by atoms with E-state index in [0.29, 0.717) is 11.4 Å². The SMILES string of the molecule is CCC(C)NN(CCCl)C(=O)C(F)(F)F. The fourth-order valence-corrected chi connectivity index (χ4v) is 0.989. The van der Waals surface area contributed by atoms with Crippen LogP contribution in [-0.4, -0.2) is 35.6 Å². The third kappa shape index (κ3) is 5.22.